The van der Waals surface area contributed by atoms with Gasteiger partial charge in [0.15, 0.2) is 12.4 Å². The van der Waals surface area contributed by atoms with Gasteiger partial charge < -0.3 is 19.3 Å². The van der Waals surface area contributed by atoms with Crippen molar-refractivity contribution in [2.75, 3.05) is 13.2 Å². The number of carbonyl (C=O) groups excluding carboxylic acids is 4. The van der Waals surface area contributed by atoms with Crippen molar-refractivity contribution in [3.63, 3.8) is 0 Å². The minimum Gasteiger partial charge on any atom is -0.456 e. The van der Waals surface area contributed by atoms with Crippen LogP contribution in [0.1, 0.15) is 84.0 Å². The summed E-state index contributed by atoms with van der Waals surface area (Å²) in [7, 11) is 82.9. The summed E-state index contributed by atoms with van der Waals surface area (Å²) in [6.07, 6.45) is -2.47. The molecule has 0 aromatic heterocycles. The predicted octanol–water partition coefficient (Wildman–Crippen LogP) is -6.14. The van der Waals surface area contributed by atoms with Crippen LogP contribution >= 0.6 is 0 Å². The fraction of sp³-hybridized carbons (Fsp3) is 0.862. The molecule has 0 aliphatic heterocycles. The Labute approximate surface area is 409 Å². The van der Waals surface area contributed by atoms with Crippen molar-refractivity contribution >= 4 is 209 Å². The van der Waals surface area contributed by atoms with E-state index < -0.39 is 130 Å². The lowest BCUT2D eigenvalue weighted by atomic mass is 8.34. The van der Waals surface area contributed by atoms with Crippen LogP contribution in [0.3, 0.4) is 0 Å². The van der Waals surface area contributed by atoms with Crippen molar-refractivity contribution in [2.45, 2.75) is 101 Å². The molecule has 0 spiro atoms. The average molecular weight is 834 g/mol. The van der Waals surface area contributed by atoms with E-state index in [0.717, 1.165) is 44.9 Å². The number of esters is 3. The second kappa shape index (κ2) is 21.9. The molecule has 294 valence electrons. The van der Waals surface area contributed by atoms with Crippen molar-refractivity contribution in [2.24, 2.45) is 40.9 Å². The zero-order chi connectivity index (χ0) is 48.7. The summed E-state index contributed by atoms with van der Waals surface area (Å²) in [6.45, 7) is -0.675. The first kappa shape index (κ1) is 55.5. The molecule has 0 heterocycles. The number of ether oxygens (including phenoxy) is 3. The van der Waals surface area contributed by atoms with Crippen molar-refractivity contribution in [3.05, 3.63) is 0 Å². The van der Waals surface area contributed by atoms with E-state index in [4.69, 9.17) is 118 Å². The van der Waals surface area contributed by atoms with E-state index in [9.17, 15) is 33.1 Å². The van der Waals surface area contributed by atoms with Gasteiger partial charge in [-0.2, -0.15) is 8.78 Å². The molecule has 8 rings (SSSR count). The minimum atomic E-state index is -3.64. The fourth-order valence-electron chi connectivity index (χ4n) is 14.0. The van der Waals surface area contributed by atoms with E-state index in [1.165, 1.54) is 0 Å². The predicted molar refractivity (Wildman–Crippen MR) is 280 cm³/mol. The number of carbonyl (C=O) groups is 4. The lowest BCUT2D eigenvalue weighted by Gasteiger charge is -2.59. The van der Waals surface area contributed by atoms with Crippen molar-refractivity contribution in [1.29, 1.82) is 0 Å². The molecule has 8 saturated carbocycles. The van der Waals surface area contributed by atoms with Gasteiger partial charge in [0.2, 0.25) is 0 Å². The van der Waals surface area contributed by atoms with Crippen LogP contribution in [0.25, 0.3) is 0 Å². The van der Waals surface area contributed by atoms with Crippen molar-refractivity contribution < 1.29 is 47.3 Å². The quantitative estimate of drug-likeness (QED) is 0.0734. The van der Waals surface area contributed by atoms with Gasteiger partial charge in [0, 0.05) is 205 Å². The molecule has 36 heteroatoms. The van der Waals surface area contributed by atoms with Gasteiger partial charge in [-0.05, 0) is 99.7 Å². The van der Waals surface area contributed by atoms with Crippen LogP contribution in [0, 0.1) is 40.9 Å². The minimum absolute atomic E-state index is 0.0164. The van der Waals surface area contributed by atoms with E-state index in [1.54, 1.807) is 0 Å². The van der Waals surface area contributed by atoms with Crippen LogP contribution in [0.4, 0.5) is 8.78 Å². The van der Waals surface area contributed by atoms with E-state index in [2.05, 4.69) is 4.74 Å². The molecule has 0 amide bonds. The van der Waals surface area contributed by atoms with Crippen LogP contribution < -0.4 is 0 Å². The number of ketones is 1. The number of aliphatic hydroxyl groups is 1. The molecule has 0 aromatic rings. The molecular formula is C29H38B26F2O8. The maximum atomic E-state index is 13.4. The van der Waals surface area contributed by atoms with Gasteiger partial charge in [0.1, 0.15) is 12.2 Å². The number of Topliss-reactive ketones (excluding diaryl/α,β-unsaturated/α-hetero) is 1. The molecule has 4 unspecified atom stereocenters. The molecular weight excluding hydrogens is 795 g/mol. The Kier molecular flexibility index (Phi) is 18.7. The maximum absolute atomic E-state index is 13.4. The smallest absolute Gasteiger partial charge is 0.377 e. The largest absolute Gasteiger partial charge is 0.456 e. The third-order valence-electron chi connectivity index (χ3n) is 15.6. The van der Waals surface area contributed by atoms with Crippen LogP contribution in [0.5, 0.6) is 0 Å². The summed E-state index contributed by atoms with van der Waals surface area (Å²) in [5.74, 6) is -5.33. The Balaban J connectivity index is 0.000000268. The first-order valence-electron chi connectivity index (χ1n) is 22.8. The van der Waals surface area contributed by atoms with Gasteiger partial charge in [-0.1, -0.05) is 0 Å². The molecule has 8 bridgehead atoms. The van der Waals surface area contributed by atoms with E-state index in [1.807, 2.05) is 0 Å². The molecule has 8 nitrogen and oxygen atoms in total. The molecule has 65 heavy (non-hydrogen) atoms. The summed E-state index contributed by atoms with van der Waals surface area (Å²) in [4.78, 5) is 49.9. The van der Waals surface area contributed by atoms with E-state index in [-0.39, 0.29) is 30.1 Å². The second-order valence-electron chi connectivity index (χ2n) is 21.0. The summed E-state index contributed by atoms with van der Waals surface area (Å²) in [5.41, 5.74) is -2.08. The molecule has 8 aliphatic carbocycles. The Morgan fingerprint density at radius 1 is 0.585 bits per heavy atom. The van der Waals surface area contributed by atoms with Gasteiger partial charge in [0.25, 0.3) is 0 Å². The standard InChI is InChI=1S/C29H38F2O8.B26/c1-26(30,31)24(34)37-13-21(32)5-22-19-3-16-4-20(22)12-27(6-16,11-19)25(35)38-14-23(33)39-29-9-17-2-18(10-29)8-28(36,7-17)15-29;1-15(2)22(16(3)4)25(21(13)14)26(23(17(5)6)18(7)8)24(19(9)10)20(11)12/h16-20,22,36H,2-15H2,1H3;. The second-order valence-corrected chi connectivity index (χ2v) is 21.0. The highest BCUT2D eigenvalue weighted by atomic mass is 19.3. The molecule has 28 radical (unpaired) electrons. The number of hydrogen-bond acceptors (Lipinski definition) is 8. The molecule has 4 atom stereocenters. The van der Waals surface area contributed by atoms with E-state index >= 15 is 0 Å². The lowest BCUT2D eigenvalue weighted by molar-refractivity contribution is -0.223. The highest BCUT2D eigenvalue weighted by molar-refractivity contribution is 8.25. The Morgan fingerprint density at radius 3 is 1.45 bits per heavy atom. The highest BCUT2D eigenvalue weighted by Crippen LogP contribution is 2.63. The van der Waals surface area contributed by atoms with Gasteiger partial charge in [-0.25, -0.2) is 9.59 Å². The summed E-state index contributed by atoms with van der Waals surface area (Å²) in [5, 5.41) is 10.9. The number of hydrogen-bond donors (Lipinski definition) is 1. The van der Waals surface area contributed by atoms with Gasteiger partial charge in [-0.15, -0.1) is 0 Å². The summed E-state index contributed by atoms with van der Waals surface area (Å²) >= 11 is 0. The number of rotatable bonds is 20. The molecule has 0 aromatic carbocycles. The highest BCUT2D eigenvalue weighted by Gasteiger charge is 2.61. The zero-order valence-corrected chi connectivity index (χ0v) is 37.4. The fourth-order valence-corrected chi connectivity index (χ4v) is 14.0. The topological polar surface area (TPSA) is 116 Å². The van der Waals surface area contributed by atoms with Crippen LogP contribution in [0.15, 0.2) is 0 Å². The average Bonchev–Trinajstić information content (AvgIpc) is 3.13. The normalized spacial score (nSPS) is 29.7. The molecule has 8 fully saturated rings. The maximum Gasteiger partial charge on any atom is 0.377 e. The first-order chi connectivity index (χ1) is 30.0. The van der Waals surface area contributed by atoms with Crippen LogP contribution in [0.2, 0.25) is 0 Å². The number of halogens is 2. The van der Waals surface area contributed by atoms with E-state index in [0.29, 0.717) is 50.4 Å². The van der Waals surface area contributed by atoms with Crippen molar-refractivity contribution in [3.8, 4) is 0 Å². The molecule has 1 N–H and O–H groups in total. The summed E-state index contributed by atoms with van der Waals surface area (Å²) < 4.78 is 42.0. The monoisotopic (exact) mass is 838 g/mol. The zero-order valence-electron chi connectivity index (χ0n) is 37.4. The third kappa shape index (κ3) is 13.1. The van der Waals surface area contributed by atoms with Crippen LogP contribution in [-0.4, -0.2) is 244 Å². The van der Waals surface area contributed by atoms with Crippen LogP contribution in [-0.2, 0) is 33.4 Å². The van der Waals surface area contributed by atoms with Gasteiger partial charge >= 0.3 is 23.8 Å². The SMILES string of the molecule is CC(F)(F)C(=O)OCC(=O)CC1C2CC3CC1CC(C(=O)OCC(=O)OC14CC5CC(CC(O)(C5)C1)C4)(C3)C2.[B]B([B])B(B([B])[B])B(B([B])[B])B(B(B([B])[B])B([B])[B])B(B([B])[B])B([B])[B]. The number of alkyl halides is 2. The molecule has 8 aliphatic rings. The Hall–Kier alpha value is -0.412. The Morgan fingerprint density at radius 2 is 1.03 bits per heavy atom. The molecule has 0 saturated heterocycles. The lowest BCUT2D eigenvalue weighted by Crippen LogP contribution is -2.86. The van der Waals surface area contributed by atoms with Crippen molar-refractivity contribution in [1.82, 2.24) is 0 Å². The van der Waals surface area contributed by atoms with Gasteiger partial charge in [-0.3, -0.25) is 9.59 Å². The Bertz CT molecular complexity index is 1620. The first-order valence-corrected chi connectivity index (χ1v) is 22.8. The third-order valence-corrected chi connectivity index (χ3v) is 15.6. The van der Waals surface area contributed by atoms with Gasteiger partial charge in [0.05, 0.1) is 11.0 Å². The summed E-state index contributed by atoms with van der Waals surface area (Å²) in [6, 6.07) is 0.